The van der Waals surface area contributed by atoms with E-state index in [1.807, 2.05) is 0 Å². The lowest BCUT2D eigenvalue weighted by Gasteiger charge is -2.33. The Morgan fingerprint density at radius 1 is 1.21 bits per heavy atom. The molecule has 0 radical (unpaired) electrons. The van der Waals surface area contributed by atoms with Gasteiger partial charge in [-0.05, 0) is 50.9 Å². The van der Waals surface area contributed by atoms with Gasteiger partial charge in [0.1, 0.15) is 23.5 Å². The minimum Gasteiger partial charge on any atom is -0.367 e. The van der Waals surface area contributed by atoms with Gasteiger partial charge in [-0.1, -0.05) is 5.16 Å². The van der Waals surface area contributed by atoms with Crippen molar-refractivity contribution >= 4 is 17.6 Å². The summed E-state index contributed by atoms with van der Waals surface area (Å²) in [6, 6.07) is -1.44. The normalized spacial score (nSPS) is 26.9. The number of amides is 2. The summed E-state index contributed by atoms with van der Waals surface area (Å²) in [5.41, 5.74) is 0.268. The number of nitrogens with zero attached hydrogens (tertiary/aromatic N) is 5. The molecule has 1 saturated heterocycles. The van der Waals surface area contributed by atoms with Gasteiger partial charge in [0.15, 0.2) is 0 Å². The van der Waals surface area contributed by atoms with Gasteiger partial charge >= 0.3 is 0 Å². The molecule has 2 saturated carbocycles. The maximum atomic E-state index is 13.8. The third-order valence-corrected chi connectivity index (χ3v) is 7.00. The molecule has 2 aromatic heterocycles. The van der Waals surface area contributed by atoms with Gasteiger partial charge < -0.3 is 20.1 Å². The summed E-state index contributed by atoms with van der Waals surface area (Å²) in [6.45, 7) is 0.463. The molecule has 2 N–H and O–H groups in total. The van der Waals surface area contributed by atoms with Gasteiger partial charge in [0, 0.05) is 18.6 Å². The van der Waals surface area contributed by atoms with Crippen LogP contribution >= 0.6 is 0 Å². The van der Waals surface area contributed by atoms with E-state index >= 15 is 0 Å². The highest BCUT2D eigenvalue weighted by Crippen LogP contribution is 2.43. The van der Waals surface area contributed by atoms with Crippen LogP contribution in [-0.4, -0.2) is 61.7 Å². The molecule has 1 unspecified atom stereocenters. The first-order valence-corrected chi connectivity index (χ1v) is 11.6. The number of alkyl halides is 2. The number of hydrogen-bond donors (Lipinski definition) is 2. The molecule has 4 heterocycles. The van der Waals surface area contributed by atoms with Crippen LogP contribution in [0.2, 0.25) is 0 Å². The lowest BCUT2D eigenvalue weighted by Crippen LogP contribution is -2.38. The summed E-state index contributed by atoms with van der Waals surface area (Å²) in [5.74, 6) is 0.162. The number of carbonyl (C=O) groups is 2. The third kappa shape index (κ3) is 3.74. The monoisotopic (exact) mass is 461 g/mol. The number of halogens is 2. The Balaban J connectivity index is 1.24. The highest BCUT2D eigenvalue weighted by molar-refractivity contribution is 5.99. The van der Waals surface area contributed by atoms with Gasteiger partial charge in [-0.15, -0.1) is 0 Å². The second-order valence-electron chi connectivity index (χ2n) is 9.44. The SMILES string of the molecule is O=C(NC1CC1)c1noc(C2CCCN2C(=O)c2cnn3c2N[C@@H](C2CC2)C[C@H]3C(F)F)n1. The van der Waals surface area contributed by atoms with E-state index < -0.39 is 18.5 Å². The summed E-state index contributed by atoms with van der Waals surface area (Å²) >= 11 is 0. The lowest BCUT2D eigenvalue weighted by atomic mass is 10.00. The van der Waals surface area contributed by atoms with Crippen LogP contribution in [-0.2, 0) is 0 Å². The summed E-state index contributed by atoms with van der Waals surface area (Å²) in [5, 5.41) is 14.1. The van der Waals surface area contributed by atoms with Crippen LogP contribution in [0.3, 0.4) is 0 Å². The first kappa shape index (κ1) is 20.5. The van der Waals surface area contributed by atoms with Gasteiger partial charge in [0.2, 0.25) is 5.89 Å². The van der Waals surface area contributed by atoms with Gasteiger partial charge in [-0.2, -0.15) is 10.1 Å². The Kier molecular flexibility index (Phi) is 4.84. The molecular formula is C21H25F2N7O3. The zero-order valence-electron chi connectivity index (χ0n) is 17.9. The molecule has 4 aliphatic rings. The van der Waals surface area contributed by atoms with Crippen molar-refractivity contribution < 1.29 is 22.9 Å². The van der Waals surface area contributed by atoms with Crippen LogP contribution < -0.4 is 10.6 Å². The first-order chi connectivity index (χ1) is 16.0. The predicted octanol–water partition coefficient (Wildman–Crippen LogP) is 2.54. The molecule has 0 spiro atoms. The Morgan fingerprint density at radius 3 is 2.76 bits per heavy atom. The van der Waals surface area contributed by atoms with Crippen molar-refractivity contribution in [2.45, 2.75) is 75.5 Å². The fourth-order valence-electron chi connectivity index (χ4n) is 4.89. The van der Waals surface area contributed by atoms with Crippen LogP contribution in [0.25, 0.3) is 0 Å². The molecule has 2 aromatic rings. The molecule has 176 valence electrons. The second kappa shape index (κ2) is 7.77. The molecule has 0 aromatic carbocycles. The molecule has 3 atom stereocenters. The van der Waals surface area contributed by atoms with Gasteiger partial charge in [0.25, 0.3) is 24.1 Å². The van der Waals surface area contributed by atoms with E-state index in [-0.39, 0.29) is 41.2 Å². The number of rotatable bonds is 6. The molecule has 2 aliphatic carbocycles. The van der Waals surface area contributed by atoms with E-state index in [9.17, 15) is 18.4 Å². The summed E-state index contributed by atoms with van der Waals surface area (Å²) in [4.78, 5) is 31.5. The predicted molar refractivity (Wildman–Crippen MR) is 110 cm³/mol. The number of carbonyl (C=O) groups excluding carboxylic acids is 2. The van der Waals surface area contributed by atoms with E-state index in [1.165, 1.54) is 10.9 Å². The summed E-state index contributed by atoms with van der Waals surface area (Å²) in [6.07, 6.45) is 4.34. The highest BCUT2D eigenvalue weighted by atomic mass is 19.3. The Labute approximate surface area is 188 Å². The maximum Gasteiger partial charge on any atom is 0.292 e. The minimum absolute atomic E-state index is 0.0483. The van der Waals surface area contributed by atoms with Crippen molar-refractivity contribution in [3.8, 4) is 0 Å². The molecule has 12 heteroatoms. The molecule has 0 bridgehead atoms. The van der Waals surface area contributed by atoms with Gasteiger partial charge in [-0.25, -0.2) is 13.5 Å². The van der Waals surface area contributed by atoms with Crippen LogP contribution in [0.5, 0.6) is 0 Å². The molecule has 2 aliphatic heterocycles. The number of likely N-dealkylation sites (tertiary alicyclic amines) is 1. The fourth-order valence-corrected chi connectivity index (χ4v) is 4.89. The number of aromatic nitrogens is 4. The first-order valence-electron chi connectivity index (χ1n) is 11.6. The topological polar surface area (TPSA) is 118 Å². The van der Waals surface area contributed by atoms with Crippen molar-refractivity contribution in [1.82, 2.24) is 30.1 Å². The highest BCUT2D eigenvalue weighted by Gasteiger charge is 2.43. The number of nitrogens with one attached hydrogen (secondary N) is 2. The van der Waals surface area contributed by atoms with Crippen molar-refractivity contribution in [1.29, 1.82) is 0 Å². The van der Waals surface area contributed by atoms with E-state index in [0.29, 0.717) is 31.1 Å². The van der Waals surface area contributed by atoms with Crippen LogP contribution in [0.1, 0.15) is 83.9 Å². The zero-order chi connectivity index (χ0) is 22.7. The van der Waals surface area contributed by atoms with Crippen LogP contribution in [0.15, 0.2) is 10.7 Å². The zero-order valence-corrected chi connectivity index (χ0v) is 17.9. The molecule has 10 nitrogen and oxygen atoms in total. The van der Waals surface area contributed by atoms with E-state index in [4.69, 9.17) is 4.52 Å². The number of hydrogen-bond acceptors (Lipinski definition) is 7. The van der Waals surface area contributed by atoms with Crippen molar-refractivity contribution in [2.75, 3.05) is 11.9 Å². The summed E-state index contributed by atoms with van der Waals surface area (Å²) in [7, 11) is 0. The molecule has 2 amide bonds. The second-order valence-corrected chi connectivity index (χ2v) is 9.44. The van der Waals surface area contributed by atoms with Crippen molar-refractivity contribution in [2.24, 2.45) is 5.92 Å². The van der Waals surface area contributed by atoms with Gasteiger partial charge in [0.05, 0.1) is 6.20 Å². The largest absolute Gasteiger partial charge is 0.367 e. The Morgan fingerprint density at radius 2 is 2.03 bits per heavy atom. The van der Waals surface area contributed by atoms with Gasteiger partial charge in [-0.3, -0.25) is 9.59 Å². The van der Waals surface area contributed by atoms with Crippen molar-refractivity contribution in [3.63, 3.8) is 0 Å². The third-order valence-electron chi connectivity index (χ3n) is 7.00. The molecular weight excluding hydrogens is 436 g/mol. The summed E-state index contributed by atoms with van der Waals surface area (Å²) < 4.78 is 34.1. The van der Waals surface area contributed by atoms with E-state index in [1.54, 1.807) is 4.90 Å². The fraction of sp³-hybridized carbons (Fsp3) is 0.667. The standard InChI is InChI=1S/C21H25F2N7O3/c22-16(23)15-8-13(10-3-4-10)26-18-12(9-24-30(15)18)21(32)29-7-1-2-14(29)20-27-17(28-33-20)19(31)25-11-5-6-11/h9-11,13-16,26H,1-8H2,(H,25,31)/t13-,14?,15+/m1/s1. The number of anilines is 1. The minimum atomic E-state index is -2.56. The lowest BCUT2D eigenvalue weighted by molar-refractivity contribution is 0.0636. The van der Waals surface area contributed by atoms with Crippen LogP contribution in [0.4, 0.5) is 14.6 Å². The Hall–Kier alpha value is -3.05. The average Bonchev–Trinajstić information content (AvgIpc) is 3.65. The average molecular weight is 461 g/mol. The smallest absolute Gasteiger partial charge is 0.292 e. The van der Waals surface area contributed by atoms with Crippen molar-refractivity contribution in [3.05, 3.63) is 23.5 Å². The maximum absolute atomic E-state index is 13.8. The van der Waals surface area contributed by atoms with Crippen LogP contribution in [0, 0.1) is 5.92 Å². The Bertz CT molecular complexity index is 1080. The molecule has 6 rings (SSSR count). The molecule has 3 fully saturated rings. The molecule has 33 heavy (non-hydrogen) atoms. The van der Waals surface area contributed by atoms with E-state index in [2.05, 4.69) is 25.9 Å². The van der Waals surface area contributed by atoms with E-state index in [0.717, 1.165) is 32.1 Å². The quantitative estimate of drug-likeness (QED) is 0.679. The number of fused-ring (bicyclic) bond motifs is 1.